The van der Waals surface area contributed by atoms with Crippen molar-refractivity contribution in [3.8, 4) is 0 Å². The molecule has 114 valence electrons. The Morgan fingerprint density at radius 2 is 2.32 bits per heavy atom. The van der Waals surface area contributed by atoms with Crippen LogP contribution < -0.4 is 5.35 Å². The maximum Gasteiger partial charge on any atom is 0.332 e. The van der Waals surface area contributed by atoms with Gasteiger partial charge in [0.05, 0.1) is 29.2 Å². The van der Waals surface area contributed by atoms with Crippen molar-refractivity contribution in [2.45, 2.75) is 26.7 Å². The highest BCUT2D eigenvalue weighted by Crippen LogP contribution is 2.16. The lowest BCUT2D eigenvalue weighted by molar-refractivity contribution is -0.136. The number of aromatic nitrogens is 3. The fourth-order valence-electron chi connectivity index (χ4n) is 2.49. The Balaban J connectivity index is 2.15. The molecule has 0 aliphatic rings. The Kier molecular flexibility index (Phi) is 3.96. The van der Waals surface area contributed by atoms with Crippen LogP contribution in [0.2, 0.25) is 0 Å². The van der Waals surface area contributed by atoms with E-state index in [0.717, 1.165) is 35.0 Å². The molecule has 0 bridgehead atoms. The molecule has 0 radical (unpaired) electrons. The fourth-order valence-corrected chi connectivity index (χ4v) is 2.49. The first kappa shape index (κ1) is 14.4. The van der Waals surface area contributed by atoms with Gasteiger partial charge in [0, 0.05) is 17.2 Å². The van der Waals surface area contributed by atoms with E-state index in [9.17, 15) is 4.79 Å². The molecule has 5 heteroatoms. The van der Waals surface area contributed by atoms with Crippen molar-refractivity contribution in [3.05, 3.63) is 41.5 Å². The van der Waals surface area contributed by atoms with Crippen molar-refractivity contribution in [1.29, 1.82) is 0 Å². The molecule has 5 nitrogen and oxygen atoms in total. The first-order chi connectivity index (χ1) is 10.7. The van der Waals surface area contributed by atoms with E-state index < -0.39 is 0 Å². The van der Waals surface area contributed by atoms with Crippen molar-refractivity contribution in [3.63, 3.8) is 0 Å². The predicted molar refractivity (Wildman–Crippen MR) is 86.1 cm³/mol. The molecule has 0 spiro atoms. The predicted octanol–water partition coefficient (Wildman–Crippen LogP) is 2.53. The van der Waals surface area contributed by atoms with Crippen LogP contribution in [0.5, 0.6) is 0 Å². The Hall–Kier alpha value is -2.56. The summed E-state index contributed by atoms with van der Waals surface area (Å²) in [4.78, 5) is 15.3. The zero-order valence-electron chi connectivity index (χ0n) is 12.8. The molecule has 0 atom stereocenters. The van der Waals surface area contributed by atoms with E-state index in [0.29, 0.717) is 12.0 Å². The highest BCUT2D eigenvalue weighted by atomic mass is 16.5. The third kappa shape index (κ3) is 2.74. The minimum Gasteiger partial charge on any atom is -0.462 e. The van der Waals surface area contributed by atoms with Gasteiger partial charge >= 0.3 is 5.97 Å². The molecule has 22 heavy (non-hydrogen) atoms. The lowest BCUT2D eigenvalue weighted by atomic mass is 10.2. The number of benzene rings is 1. The van der Waals surface area contributed by atoms with Crippen LogP contribution in [0.4, 0.5) is 0 Å². The Bertz CT molecular complexity index is 890. The number of hydrogen-bond acceptors (Lipinski definition) is 3. The molecular weight excluding hydrogens is 278 g/mol. The van der Waals surface area contributed by atoms with Crippen molar-refractivity contribution in [2.24, 2.45) is 0 Å². The zero-order chi connectivity index (χ0) is 15.5. The van der Waals surface area contributed by atoms with Gasteiger partial charge in [-0.15, -0.1) is 0 Å². The second-order valence-corrected chi connectivity index (χ2v) is 5.34. The average Bonchev–Trinajstić information content (AvgIpc) is 2.86. The number of H-pyrrole nitrogens is 1. The van der Waals surface area contributed by atoms with E-state index in [4.69, 9.17) is 4.74 Å². The van der Waals surface area contributed by atoms with Gasteiger partial charge in [0.25, 0.3) is 0 Å². The number of ether oxygens (including phenoxy) is 1. The first-order valence-electron chi connectivity index (χ1n) is 7.50. The van der Waals surface area contributed by atoms with Gasteiger partial charge in [-0.1, -0.05) is 25.5 Å². The molecule has 2 heterocycles. The molecule has 1 aromatic carbocycles. The van der Waals surface area contributed by atoms with Gasteiger partial charge in [-0.05, 0) is 25.5 Å². The van der Waals surface area contributed by atoms with Crippen LogP contribution >= 0.6 is 0 Å². The number of nitrogens with zero attached hydrogens (tertiary/aromatic N) is 2. The number of esters is 1. The van der Waals surface area contributed by atoms with Gasteiger partial charge in [-0.25, -0.2) is 9.31 Å². The second kappa shape index (κ2) is 6.05. The summed E-state index contributed by atoms with van der Waals surface area (Å²) in [6.45, 7) is 4.47. The van der Waals surface area contributed by atoms with Crippen molar-refractivity contribution < 1.29 is 9.53 Å². The van der Waals surface area contributed by atoms with Crippen LogP contribution in [0.25, 0.3) is 22.5 Å². The van der Waals surface area contributed by atoms with Crippen LogP contribution in [0.3, 0.4) is 0 Å². The van der Waals surface area contributed by atoms with E-state index in [1.807, 2.05) is 31.2 Å². The van der Waals surface area contributed by atoms with E-state index in [-0.39, 0.29) is 5.97 Å². The van der Waals surface area contributed by atoms with Gasteiger partial charge in [-0.3, -0.25) is 0 Å². The number of aryl methyl sites for hydroxylation is 1. The lowest BCUT2D eigenvalue weighted by Gasteiger charge is -1.99. The summed E-state index contributed by atoms with van der Waals surface area (Å²) >= 11 is 0. The standard InChI is InChI=1S/C17H19N3O2/c1-3-4-8-22-16(21)10-14-9-12(2)19-15-7-5-6-13-11-18-20(14)17(13)15/h5-7,9-11,19H,3-4,8H2,1-2H3/b14-10+. The number of hydrogen-bond donors (Lipinski definition) is 1. The van der Waals surface area contributed by atoms with Gasteiger partial charge < -0.3 is 9.72 Å². The fraction of sp³-hybridized carbons (Fsp3) is 0.294. The van der Waals surface area contributed by atoms with Crippen molar-refractivity contribution in [1.82, 2.24) is 14.6 Å². The molecule has 0 aliphatic carbocycles. The Labute approximate surface area is 128 Å². The minimum absolute atomic E-state index is 0.337. The number of unbranched alkanes of at least 4 members (excludes halogenated alkanes) is 1. The topological polar surface area (TPSA) is 59.4 Å². The quantitative estimate of drug-likeness (QED) is 0.594. The van der Waals surface area contributed by atoms with Crippen molar-refractivity contribution in [2.75, 3.05) is 6.61 Å². The molecule has 0 saturated carbocycles. The van der Waals surface area contributed by atoms with Gasteiger partial charge in [-0.2, -0.15) is 5.10 Å². The smallest absolute Gasteiger partial charge is 0.332 e. The number of para-hydroxylation sites is 1. The summed E-state index contributed by atoms with van der Waals surface area (Å²) in [5.41, 5.74) is 2.89. The third-order valence-corrected chi connectivity index (χ3v) is 3.54. The van der Waals surface area contributed by atoms with E-state index >= 15 is 0 Å². The van der Waals surface area contributed by atoms with Crippen LogP contribution in [-0.2, 0) is 9.53 Å². The monoisotopic (exact) mass is 297 g/mol. The summed E-state index contributed by atoms with van der Waals surface area (Å²) in [7, 11) is 0. The normalized spacial score (nSPS) is 12.2. The van der Waals surface area contributed by atoms with Gasteiger partial charge in [0.2, 0.25) is 0 Å². The number of rotatable bonds is 4. The van der Waals surface area contributed by atoms with E-state index in [2.05, 4.69) is 17.0 Å². The van der Waals surface area contributed by atoms with Crippen LogP contribution in [0, 0.1) is 6.92 Å². The van der Waals surface area contributed by atoms with E-state index in [1.54, 1.807) is 10.7 Å². The summed E-state index contributed by atoms with van der Waals surface area (Å²) < 4.78 is 6.99. The molecule has 3 rings (SSSR count). The van der Waals surface area contributed by atoms with Gasteiger partial charge in [0.1, 0.15) is 0 Å². The molecular formula is C17H19N3O2. The summed E-state index contributed by atoms with van der Waals surface area (Å²) in [5, 5.41) is 6.13. The van der Waals surface area contributed by atoms with E-state index in [1.165, 1.54) is 6.08 Å². The number of aromatic amines is 1. The second-order valence-electron chi connectivity index (χ2n) is 5.34. The zero-order valence-corrected chi connectivity index (χ0v) is 12.8. The van der Waals surface area contributed by atoms with Crippen LogP contribution in [0.1, 0.15) is 25.5 Å². The molecule has 2 aromatic heterocycles. The molecule has 0 fully saturated rings. The largest absolute Gasteiger partial charge is 0.462 e. The Morgan fingerprint density at radius 3 is 3.14 bits per heavy atom. The summed E-state index contributed by atoms with van der Waals surface area (Å²) in [6, 6.07) is 7.88. The molecule has 1 N–H and O–H groups in total. The highest BCUT2D eigenvalue weighted by Gasteiger charge is 2.06. The minimum atomic E-state index is -0.337. The van der Waals surface area contributed by atoms with Crippen molar-refractivity contribution >= 4 is 28.5 Å². The average molecular weight is 297 g/mol. The first-order valence-corrected chi connectivity index (χ1v) is 7.50. The van der Waals surface area contributed by atoms with Crippen LogP contribution in [-0.4, -0.2) is 27.2 Å². The molecule has 3 aromatic rings. The lowest BCUT2D eigenvalue weighted by Crippen LogP contribution is -2.16. The summed E-state index contributed by atoms with van der Waals surface area (Å²) in [6.07, 6.45) is 5.17. The molecule has 0 saturated heterocycles. The maximum atomic E-state index is 12.0. The SMILES string of the molecule is CCCCOC(=O)/C=c1\cc(C)[nH]c2cccc3cnn1c32. The van der Waals surface area contributed by atoms with Gasteiger partial charge in [0.15, 0.2) is 0 Å². The third-order valence-electron chi connectivity index (χ3n) is 3.54. The maximum absolute atomic E-state index is 12.0. The Morgan fingerprint density at radius 1 is 1.45 bits per heavy atom. The highest BCUT2D eigenvalue weighted by molar-refractivity contribution is 6.00. The number of carbonyl (C=O) groups is 1. The molecule has 0 aliphatic heterocycles. The summed E-state index contributed by atoms with van der Waals surface area (Å²) in [5.74, 6) is -0.337. The molecule has 0 unspecified atom stereocenters. The van der Waals surface area contributed by atoms with Crippen LogP contribution in [0.15, 0.2) is 30.5 Å². The number of carbonyl (C=O) groups excluding carboxylic acids is 1. The molecule has 0 amide bonds. The number of nitrogens with one attached hydrogen (secondary N) is 1.